The fourth-order valence-corrected chi connectivity index (χ4v) is 2.11. The molecule has 90 valence electrons. The second kappa shape index (κ2) is 4.97. The first-order valence-corrected chi connectivity index (χ1v) is 6.50. The quantitative estimate of drug-likeness (QED) is 0.797. The van der Waals surface area contributed by atoms with E-state index < -0.39 is 11.0 Å². The third-order valence-corrected chi connectivity index (χ3v) is 3.98. The Balaban J connectivity index is 2.78. The van der Waals surface area contributed by atoms with E-state index >= 15 is 0 Å². The van der Waals surface area contributed by atoms with Crippen LogP contribution < -0.4 is 10.5 Å². The van der Waals surface area contributed by atoms with Crippen LogP contribution in [0.25, 0.3) is 0 Å². The van der Waals surface area contributed by atoms with Crippen molar-refractivity contribution >= 4 is 16.7 Å². The van der Waals surface area contributed by atoms with Gasteiger partial charge in [-0.3, -0.25) is 0 Å². The van der Waals surface area contributed by atoms with Crippen molar-refractivity contribution in [3.05, 3.63) is 29.8 Å². The highest BCUT2D eigenvalue weighted by Crippen LogP contribution is 2.21. The lowest BCUT2D eigenvalue weighted by Gasteiger charge is -2.22. The molecule has 4 heteroatoms. The van der Waals surface area contributed by atoms with E-state index in [1.807, 2.05) is 52.0 Å². The van der Waals surface area contributed by atoms with Crippen molar-refractivity contribution < 1.29 is 4.21 Å². The smallest absolute Gasteiger partial charge is 0.0975 e. The molecule has 0 aliphatic heterocycles. The molecular weight excluding hydrogens is 220 g/mol. The molecule has 0 aliphatic rings. The molecule has 2 atom stereocenters. The minimum absolute atomic E-state index is 0.0127. The van der Waals surface area contributed by atoms with Crippen molar-refractivity contribution in [2.75, 3.05) is 5.73 Å². The summed E-state index contributed by atoms with van der Waals surface area (Å²) in [5.74, 6) is 0. The molecule has 1 aromatic carbocycles. The van der Waals surface area contributed by atoms with Crippen LogP contribution in [0.1, 0.15) is 39.3 Å². The first-order chi connectivity index (χ1) is 7.32. The number of hydrogen-bond acceptors (Lipinski definition) is 2. The number of nitrogen functional groups attached to an aromatic ring is 1. The zero-order valence-electron chi connectivity index (χ0n) is 10.3. The van der Waals surface area contributed by atoms with E-state index in [0.29, 0.717) is 0 Å². The highest BCUT2D eigenvalue weighted by molar-refractivity contribution is 7.84. The van der Waals surface area contributed by atoms with Crippen LogP contribution >= 0.6 is 0 Å². The van der Waals surface area contributed by atoms with Gasteiger partial charge in [0.25, 0.3) is 0 Å². The zero-order chi connectivity index (χ0) is 12.3. The molecule has 0 amide bonds. The Morgan fingerprint density at radius 3 is 2.38 bits per heavy atom. The molecule has 3 N–H and O–H groups in total. The minimum Gasteiger partial charge on any atom is -0.398 e. The standard InChI is InChI=1S/C12H20N2OS/c1-9(14-16(15)12(2,3)4)10-7-5-6-8-11(10)13/h5-9,14H,13H2,1-4H3. The van der Waals surface area contributed by atoms with Crippen LogP contribution in [0.15, 0.2) is 24.3 Å². The second-order valence-electron chi connectivity index (χ2n) is 4.85. The number of nitrogens with one attached hydrogen (secondary N) is 1. The Morgan fingerprint density at radius 2 is 1.88 bits per heavy atom. The van der Waals surface area contributed by atoms with Gasteiger partial charge in [0.15, 0.2) is 0 Å². The van der Waals surface area contributed by atoms with Gasteiger partial charge in [0.2, 0.25) is 0 Å². The van der Waals surface area contributed by atoms with E-state index in [2.05, 4.69) is 4.72 Å². The Bertz CT molecular complexity index is 385. The summed E-state index contributed by atoms with van der Waals surface area (Å²) in [6.07, 6.45) is 0. The molecule has 2 unspecified atom stereocenters. The summed E-state index contributed by atoms with van der Waals surface area (Å²) >= 11 is 0. The fourth-order valence-electron chi connectivity index (χ4n) is 1.31. The van der Waals surface area contributed by atoms with E-state index in [-0.39, 0.29) is 10.8 Å². The number of benzene rings is 1. The van der Waals surface area contributed by atoms with E-state index in [0.717, 1.165) is 11.3 Å². The Labute approximate surface area is 100 Å². The molecule has 16 heavy (non-hydrogen) atoms. The first kappa shape index (κ1) is 13.2. The topological polar surface area (TPSA) is 55.1 Å². The van der Waals surface area contributed by atoms with Crippen molar-refractivity contribution in [3.8, 4) is 0 Å². The fraction of sp³-hybridized carbons (Fsp3) is 0.500. The maximum atomic E-state index is 11.9. The lowest BCUT2D eigenvalue weighted by Crippen LogP contribution is -2.35. The van der Waals surface area contributed by atoms with Gasteiger partial charge in [0, 0.05) is 11.7 Å². The van der Waals surface area contributed by atoms with Gasteiger partial charge < -0.3 is 5.73 Å². The van der Waals surface area contributed by atoms with Crippen molar-refractivity contribution in [2.24, 2.45) is 0 Å². The van der Waals surface area contributed by atoms with Crippen LogP contribution in [0.5, 0.6) is 0 Å². The molecule has 0 bridgehead atoms. The summed E-state index contributed by atoms with van der Waals surface area (Å²) in [6, 6.07) is 7.62. The monoisotopic (exact) mass is 240 g/mol. The number of anilines is 1. The normalized spacial score (nSPS) is 15.8. The van der Waals surface area contributed by atoms with Gasteiger partial charge in [0.1, 0.15) is 0 Å². The molecule has 0 aromatic heterocycles. The number of para-hydroxylation sites is 1. The Kier molecular flexibility index (Phi) is 4.10. The van der Waals surface area contributed by atoms with Crippen LogP contribution in [0, 0.1) is 0 Å². The third kappa shape index (κ3) is 3.32. The van der Waals surface area contributed by atoms with Gasteiger partial charge in [-0.05, 0) is 39.3 Å². The highest BCUT2D eigenvalue weighted by atomic mass is 32.2. The first-order valence-electron chi connectivity index (χ1n) is 5.35. The molecule has 3 nitrogen and oxygen atoms in total. The number of rotatable bonds is 3. The van der Waals surface area contributed by atoms with E-state index in [9.17, 15) is 4.21 Å². The summed E-state index contributed by atoms with van der Waals surface area (Å²) in [4.78, 5) is 0. The molecule has 0 aliphatic carbocycles. The van der Waals surface area contributed by atoms with Gasteiger partial charge in [-0.15, -0.1) is 0 Å². The van der Waals surface area contributed by atoms with Gasteiger partial charge >= 0.3 is 0 Å². The predicted molar refractivity (Wildman–Crippen MR) is 70.3 cm³/mol. The summed E-state index contributed by atoms with van der Waals surface area (Å²) in [5.41, 5.74) is 7.58. The zero-order valence-corrected chi connectivity index (χ0v) is 11.1. The average molecular weight is 240 g/mol. The van der Waals surface area contributed by atoms with Crippen molar-refractivity contribution in [3.63, 3.8) is 0 Å². The van der Waals surface area contributed by atoms with Crippen LogP contribution in [0.4, 0.5) is 5.69 Å². The molecule has 0 saturated carbocycles. The predicted octanol–water partition coefficient (Wildman–Crippen LogP) is 2.38. The molecule has 1 rings (SSSR count). The summed E-state index contributed by atoms with van der Waals surface area (Å²) in [6.45, 7) is 7.79. The molecule has 0 radical (unpaired) electrons. The Morgan fingerprint density at radius 1 is 1.31 bits per heavy atom. The maximum absolute atomic E-state index is 11.9. The molecular formula is C12H20N2OS. The van der Waals surface area contributed by atoms with E-state index in [4.69, 9.17) is 5.73 Å². The van der Waals surface area contributed by atoms with Crippen LogP contribution in [-0.2, 0) is 11.0 Å². The second-order valence-corrected chi connectivity index (χ2v) is 6.85. The largest absolute Gasteiger partial charge is 0.398 e. The van der Waals surface area contributed by atoms with Crippen molar-refractivity contribution in [1.82, 2.24) is 4.72 Å². The lowest BCUT2D eigenvalue weighted by atomic mass is 10.1. The number of hydrogen-bond donors (Lipinski definition) is 2. The lowest BCUT2D eigenvalue weighted by molar-refractivity contribution is 0.616. The van der Waals surface area contributed by atoms with E-state index in [1.165, 1.54) is 0 Å². The molecule has 1 aromatic rings. The van der Waals surface area contributed by atoms with E-state index in [1.54, 1.807) is 0 Å². The highest BCUT2D eigenvalue weighted by Gasteiger charge is 2.22. The average Bonchev–Trinajstić information content (AvgIpc) is 2.16. The molecule has 0 saturated heterocycles. The SMILES string of the molecule is CC(NS(=O)C(C)(C)C)c1ccccc1N. The van der Waals surface area contributed by atoms with Crippen LogP contribution in [0.2, 0.25) is 0 Å². The summed E-state index contributed by atoms with van der Waals surface area (Å²) in [5, 5.41) is 0. The van der Waals surface area contributed by atoms with Crippen molar-refractivity contribution in [2.45, 2.75) is 38.5 Å². The van der Waals surface area contributed by atoms with Gasteiger partial charge in [-0.2, -0.15) is 0 Å². The molecule has 0 heterocycles. The van der Waals surface area contributed by atoms with Gasteiger partial charge in [-0.1, -0.05) is 18.2 Å². The minimum atomic E-state index is -1.08. The van der Waals surface area contributed by atoms with Crippen LogP contribution in [0.3, 0.4) is 0 Å². The van der Waals surface area contributed by atoms with Gasteiger partial charge in [-0.25, -0.2) is 8.93 Å². The maximum Gasteiger partial charge on any atom is 0.0975 e. The number of nitrogens with two attached hydrogens (primary N) is 1. The molecule has 0 fully saturated rings. The van der Waals surface area contributed by atoms with Gasteiger partial charge in [0.05, 0.1) is 15.7 Å². The van der Waals surface area contributed by atoms with Crippen LogP contribution in [-0.4, -0.2) is 8.96 Å². The van der Waals surface area contributed by atoms with Crippen molar-refractivity contribution in [1.29, 1.82) is 0 Å². The third-order valence-electron chi connectivity index (χ3n) is 2.30. The Hall–Kier alpha value is -0.870. The molecule has 0 spiro atoms. The summed E-state index contributed by atoms with van der Waals surface area (Å²) in [7, 11) is -1.08. The summed E-state index contributed by atoms with van der Waals surface area (Å²) < 4.78 is 14.7.